The summed E-state index contributed by atoms with van der Waals surface area (Å²) in [5.74, 6) is 0.842. The number of hydrogen-bond acceptors (Lipinski definition) is 6. The lowest BCUT2D eigenvalue weighted by atomic mass is 9.85. The lowest BCUT2D eigenvalue weighted by molar-refractivity contribution is -0.142. The molecule has 6 heteroatoms. The molecule has 1 saturated carbocycles. The molecule has 0 atom stereocenters. The van der Waals surface area contributed by atoms with Crippen LogP contribution in [0.15, 0.2) is 36.7 Å². The van der Waals surface area contributed by atoms with Crippen LogP contribution in [-0.4, -0.2) is 35.4 Å². The van der Waals surface area contributed by atoms with Gasteiger partial charge in [0.1, 0.15) is 6.10 Å². The molecule has 0 radical (unpaired) electrons. The summed E-state index contributed by atoms with van der Waals surface area (Å²) in [5, 5.41) is 0. The highest BCUT2D eigenvalue weighted by molar-refractivity contribution is 5.75. The van der Waals surface area contributed by atoms with Crippen molar-refractivity contribution in [1.29, 1.82) is 0 Å². The van der Waals surface area contributed by atoms with E-state index in [-0.39, 0.29) is 12.1 Å². The minimum absolute atomic E-state index is 0.132. The van der Waals surface area contributed by atoms with Crippen LogP contribution in [0.4, 0.5) is 0 Å². The molecule has 0 aliphatic heterocycles. The van der Waals surface area contributed by atoms with Crippen molar-refractivity contribution < 1.29 is 19.1 Å². The van der Waals surface area contributed by atoms with Gasteiger partial charge in [-0.25, -0.2) is 4.98 Å². The van der Waals surface area contributed by atoms with Crippen LogP contribution in [-0.2, 0) is 9.53 Å². The highest BCUT2D eigenvalue weighted by Gasteiger charge is 2.24. The highest BCUT2D eigenvalue weighted by atomic mass is 16.5. The normalized spacial score (nSPS) is 19.6. The molecule has 6 nitrogen and oxygen atoms in total. The summed E-state index contributed by atoms with van der Waals surface area (Å²) in [4.78, 5) is 30.7. The van der Waals surface area contributed by atoms with Crippen molar-refractivity contribution in [2.24, 2.45) is 5.92 Å². The van der Waals surface area contributed by atoms with E-state index in [0.717, 1.165) is 43.2 Å². The molecule has 26 heavy (non-hydrogen) atoms. The number of aldehydes is 1. The van der Waals surface area contributed by atoms with Crippen molar-refractivity contribution in [2.75, 3.05) is 7.11 Å². The Balaban J connectivity index is 1.53. The van der Waals surface area contributed by atoms with E-state index in [9.17, 15) is 9.59 Å². The second kappa shape index (κ2) is 8.56. The maximum absolute atomic E-state index is 11.4. The molecular formula is C20H22N2O4. The molecule has 0 saturated heterocycles. The molecule has 0 amide bonds. The van der Waals surface area contributed by atoms with Gasteiger partial charge in [-0.05, 0) is 49.8 Å². The van der Waals surface area contributed by atoms with E-state index in [1.807, 2.05) is 12.1 Å². The number of aromatic nitrogens is 2. The second-order valence-electron chi connectivity index (χ2n) is 6.52. The number of nitrogens with zero attached hydrogens (tertiary/aromatic N) is 2. The van der Waals surface area contributed by atoms with Crippen LogP contribution in [0.25, 0.3) is 11.3 Å². The molecular weight excluding hydrogens is 332 g/mol. The monoisotopic (exact) mass is 354 g/mol. The maximum atomic E-state index is 11.4. The van der Waals surface area contributed by atoms with Crippen LogP contribution in [0.3, 0.4) is 0 Å². The van der Waals surface area contributed by atoms with Gasteiger partial charge < -0.3 is 9.47 Å². The van der Waals surface area contributed by atoms with Gasteiger partial charge in [-0.1, -0.05) is 0 Å². The molecule has 2 aromatic heterocycles. The van der Waals surface area contributed by atoms with E-state index in [0.29, 0.717) is 23.8 Å². The van der Waals surface area contributed by atoms with Crippen LogP contribution in [0.5, 0.6) is 5.88 Å². The highest BCUT2D eigenvalue weighted by Crippen LogP contribution is 2.29. The first-order chi connectivity index (χ1) is 12.7. The number of carbonyl (C=O) groups is 2. The molecule has 0 unspecified atom stereocenters. The number of pyridine rings is 2. The number of esters is 1. The fourth-order valence-electron chi connectivity index (χ4n) is 3.19. The van der Waals surface area contributed by atoms with Gasteiger partial charge in [-0.3, -0.25) is 14.6 Å². The fraction of sp³-hybridized carbons (Fsp3) is 0.400. The van der Waals surface area contributed by atoms with Gasteiger partial charge in [-0.15, -0.1) is 0 Å². The largest absolute Gasteiger partial charge is 0.474 e. The Morgan fingerprint density at radius 1 is 1.12 bits per heavy atom. The fourth-order valence-corrected chi connectivity index (χ4v) is 3.19. The first kappa shape index (κ1) is 18.0. The molecule has 1 fully saturated rings. The van der Waals surface area contributed by atoms with E-state index in [4.69, 9.17) is 9.47 Å². The van der Waals surface area contributed by atoms with Gasteiger partial charge in [0.05, 0.1) is 12.8 Å². The summed E-state index contributed by atoms with van der Waals surface area (Å²) in [7, 11) is 1.43. The summed E-state index contributed by atoms with van der Waals surface area (Å²) in [5.41, 5.74) is 2.18. The molecule has 1 aliphatic carbocycles. The summed E-state index contributed by atoms with van der Waals surface area (Å²) in [6.45, 7) is 0. The molecule has 2 aromatic rings. The third-order valence-electron chi connectivity index (χ3n) is 4.72. The van der Waals surface area contributed by atoms with Crippen molar-refractivity contribution >= 4 is 12.3 Å². The molecule has 2 heterocycles. The topological polar surface area (TPSA) is 78.4 Å². The standard InChI is InChI=1S/C20H22N2O4/c1-25-20(24)10-14-2-6-17(7-3-14)26-19-9-5-16(12-22-19)18-8-4-15(13-23)11-21-18/h4-5,8-9,11-14,17H,2-3,6-7,10H2,1H3/t14-,17-. The third-order valence-corrected chi connectivity index (χ3v) is 4.72. The zero-order valence-electron chi connectivity index (χ0n) is 14.8. The number of methoxy groups -OCH3 is 1. The van der Waals surface area contributed by atoms with Gasteiger partial charge in [-0.2, -0.15) is 0 Å². The predicted molar refractivity (Wildman–Crippen MR) is 95.9 cm³/mol. The summed E-state index contributed by atoms with van der Waals surface area (Å²) >= 11 is 0. The van der Waals surface area contributed by atoms with E-state index in [2.05, 4.69) is 9.97 Å². The molecule has 3 rings (SSSR count). The summed E-state index contributed by atoms with van der Waals surface area (Å²) in [6, 6.07) is 7.27. The average Bonchev–Trinajstić information content (AvgIpc) is 2.70. The third kappa shape index (κ3) is 4.65. The first-order valence-electron chi connectivity index (χ1n) is 8.79. The molecule has 1 aliphatic rings. The van der Waals surface area contributed by atoms with Crippen LogP contribution in [0.2, 0.25) is 0 Å². The van der Waals surface area contributed by atoms with Crippen molar-refractivity contribution in [2.45, 2.75) is 38.2 Å². The Labute approximate surface area is 152 Å². The summed E-state index contributed by atoms with van der Waals surface area (Å²) < 4.78 is 10.7. The molecule has 0 bridgehead atoms. The number of carbonyl (C=O) groups excluding carboxylic acids is 2. The van der Waals surface area contributed by atoms with Crippen molar-refractivity contribution in [3.63, 3.8) is 0 Å². The molecule has 136 valence electrons. The smallest absolute Gasteiger partial charge is 0.305 e. The number of ether oxygens (including phenoxy) is 2. The van der Waals surface area contributed by atoms with Crippen LogP contribution < -0.4 is 4.74 Å². The second-order valence-corrected chi connectivity index (χ2v) is 6.52. The van der Waals surface area contributed by atoms with Crippen molar-refractivity contribution in [3.05, 3.63) is 42.2 Å². The SMILES string of the molecule is COC(=O)C[C@H]1CC[C@H](Oc2ccc(-c3ccc(C=O)cn3)cn2)CC1. The lowest BCUT2D eigenvalue weighted by Crippen LogP contribution is -2.25. The van der Waals surface area contributed by atoms with E-state index in [1.165, 1.54) is 7.11 Å². The Morgan fingerprint density at radius 3 is 2.50 bits per heavy atom. The summed E-state index contributed by atoms with van der Waals surface area (Å²) in [6.07, 6.45) is 8.42. The first-order valence-corrected chi connectivity index (χ1v) is 8.79. The van der Waals surface area contributed by atoms with E-state index >= 15 is 0 Å². The van der Waals surface area contributed by atoms with Gasteiger partial charge in [0, 0.05) is 36.0 Å². The van der Waals surface area contributed by atoms with Gasteiger partial charge in [0.25, 0.3) is 0 Å². The Morgan fingerprint density at radius 2 is 1.92 bits per heavy atom. The van der Waals surface area contributed by atoms with E-state index < -0.39 is 0 Å². The lowest BCUT2D eigenvalue weighted by Gasteiger charge is -2.28. The Bertz CT molecular complexity index is 735. The number of rotatable bonds is 6. The quantitative estimate of drug-likeness (QED) is 0.584. The Hall–Kier alpha value is -2.76. The van der Waals surface area contributed by atoms with Gasteiger partial charge >= 0.3 is 5.97 Å². The van der Waals surface area contributed by atoms with E-state index in [1.54, 1.807) is 24.5 Å². The van der Waals surface area contributed by atoms with Crippen molar-refractivity contribution in [3.8, 4) is 17.1 Å². The maximum Gasteiger partial charge on any atom is 0.305 e. The van der Waals surface area contributed by atoms with Crippen LogP contribution >= 0.6 is 0 Å². The minimum Gasteiger partial charge on any atom is -0.474 e. The van der Waals surface area contributed by atoms with Gasteiger partial charge in [0.15, 0.2) is 6.29 Å². The average molecular weight is 354 g/mol. The Kier molecular flexibility index (Phi) is 5.94. The number of hydrogen-bond donors (Lipinski definition) is 0. The zero-order chi connectivity index (χ0) is 18.4. The molecule has 0 aromatic carbocycles. The zero-order valence-corrected chi connectivity index (χ0v) is 14.8. The molecule has 0 N–H and O–H groups in total. The van der Waals surface area contributed by atoms with Crippen molar-refractivity contribution in [1.82, 2.24) is 9.97 Å². The minimum atomic E-state index is -0.138. The van der Waals surface area contributed by atoms with Crippen LogP contribution in [0.1, 0.15) is 42.5 Å². The predicted octanol–water partition coefficient (Wildman–Crippen LogP) is 3.46. The van der Waals surface area contributed by atoms with Gasteiger partial charge in [0.2, 0.25) is 5.88 Å². The molecule has 0 spiro atoms. The van der Waals surface area contributed by atoms with Crippen LogP contribution in [0, 0.1) is 5.92 Å².